The number of aromatic nitrogens is 1. The summed E-state index contributed by atoms with van der Waals surface area (Å²) in [6, 6.07) is 1.66. The van der Waals surface area contributed by atoms with Crippen LogP contribution in [0.25, 0.3) is 10.2 Å². The molecular weight excluding hydrogens is 166 g/mol. The lowest BCUT2D eigenvalue weighted by atomic mass is 10.5. The molecule has 0 bridgehead atoms. The monoisotopic (exact) mass is 169 g/mol. The lowest BCUT2D eigenvalue weighted by molar-refractivity contribution is 0.461. The Labute approximate surface area is 64.1 Å². The Hall–Kier alpha value is -1.36. The van der Waals surface area contributed by atoms with Crippen molar-refractivity contribution in [2.45, 2.75) is 0 Å². The maximum absolute atomic E-state index is 10.9. The highest BCUT2D eigenvalue weighted by Crippen LogP contribution is 2.11. The topological polar surface area (TPSA) is 63.1 Å². The van der Waals surface area contributed by atoms with Gasteiger partial charge in [0.25, 0.3) is 0 Å². The average molecular weight is 169 g/mol. The predicted molar refractivity (Wildman–Crippen MR) is 41.0 cm³/mol. The second kappa shape index (κ2) is 2.06. The summed E-state index contributed by atoms with van der Waals surface area (Å²) in [4.78, 5) is 23.9. The smallest absolute Gasteiger partial charge is 0.372 e. The van der Waals surface area contributed by atoms with E-state index in [9.17, 15) is 9.59 Å². The fourth-order valence-corrected chi connectivity index (χ4v) is 1.56. The molecule has 0 saturated carbocycles. The molecule has 0 aliphatic carbocycles. The summed E-state index contributed by atoms with van der Waals surface area (Å²) >= 11 is 1.25. The lowest BCUT2D eigenvalue weighted by Gasteiger charge is -1.82. The molecule has 1 N–H and O–H groups in total. The van der Waals surface area contributed by atoms with Crippen molar-refractivity contribution in [1.29, 1.82) is 0 Å². The summed E-state index contributed by atoms with van der Waals surface area (Å²) in [5.74, 6) is -0.707. The molecule has 0 saturated heterocycles. The first-order chi connectivity index (χ1) is 5.27. The van der Waals surface area contributed by atoms with Crippen molar-refractivity contribution in [2.75, 3.05) is 0 Å². The second-order valence-electron chi connectivity index (χ2n) is 1.97. The van der Waals surface area contributed by atoms with E-state index in [-0.39, 0.29) is 0 Å². The van der Waals surface area contributed by atoms with E-state index in [2.05, 4.69) is 9.40 Å². The highest BCUT2D eigenvalue weighted by molar-refractivity contribution is 7.17. The van der Waals surface area contributed by atoms with Crippen LogP contribution in [0.15, 0.2) is 25.5 Å². The summed E-state index contributed by atoms with van der Waals surface area (Å²) in [5, 5.41) is 1.72. The first kappa shape index (κ1) is 6.36. The molecule has 0 aromatic carbocycles. The molecule has 0 aliphatic heterocycles. The molecule has 56 valence electrons. The number of aromatic amines is 1. The van der Waals surface area contributed by atoms with Gasteiger partial charge in [-0.1, -0.05) is 0 Å². The zero-order valence-corrected chi connectivity index (χ0v) is 6.10. The molecule has 2 aromatic heterocycles. The Morgan fingerprint density at radius 2 is 2.27 bits per heavy atom. The average Bonchev–Trinajstić information content (AvgIpc) is 2.34. The summed E-state index contributed by atoms with van der Waals surface area (Å²) in [5.41, 5.74) is -0.0324. The molecule has 2 aromatic rings. The Morgan fingerprint density at radius 3 is 3.09 bits per heavy atom. The van der Waals surface area contributed by atoms with Gasteiger partial charge in [0.2, 0.25) is 0 Å². The molecule has 11 heavy (non-hydrogen) atoms. The van der Waals surface area contributed by atoms with Crippen LogP contribution >= 0.6 is 11.3 Å². The largest absolute Gasteiger partial charge is 0.419 e. The molecule has 0 atom stereocenters. The molecular formula is C6H3NO3S. The molecule has 2 rings (SSSR count). The zero-order chi connectivity index (χ0) is 7.84. The molecule has 0 amide bonds. The van der Waals surface area contributed by atoms with E-state index in [1.807, 2.05) is 0 Å². The van der Waals surface area contributed by atoms with Crippen molar-refractivity contribution < 1.29 is 4.42 Å². The molecule has 0 fully saturated rings. The molecule has 0 aliphatic rings. The van der Waals surface area contributed by atoms with Crippen molar-refractivity contribution >= 4 is 21.6 Å². The number of fused-ring (bicyclic) bond motifs is 1. The number of H-pyrrole nitrogens is 1. The van der Waals surface area contributed by atoms with Gasteiger partial charge < -0.3 is 4.42 Å². The van der Waals surface area contributed by atoms with Crippen molar-refractivity contribution in [1.82, 2.24) is 4.98 Å². The van der Waals surface area contributed by atoms with E-state index >= 15 is 0 Å². The molecule has 5 heteroatoms. The van der Waals surface area contributed by atoms with Crippen molar-refractivity contribution in [3.63, 3.8) is 0 Å². The van der Waals surface area contributed by atoms with E-state index in [0.717, 1.165) is 0 Å². The standard InChI is InChI=1S/C6H3NO3S/c8-5-4-3(1-2-11-4)7-6(9)10-5/h1-2H,(H,7,9). The molecule has 4 nitrogen and oxygen atoms in total. The van der Waals surface area contributed by atoms with E-state index in [4.69, 9.17) is 0 Å². The highest BCUT2D eigenvalue weighted by atomic mass is 32.1. The third-order valence-electron chi connectivity index (χ3n) is 1.27. The fourth-order valence-electron chi connectivity index (χ4n) is 0.832. The Balaban J connectivity index is 3.15. The third kappa shape index (κ3) is 0.894. The van der Waals surface area contributed by atoms with Gasteiger partial charge in [-0.15, -0.1) is 11.3 Å². The third-order valence-corrected chi connectivity index (χ3v) is 2.17. The molecule has 2 heterocycles. The van der Waals surface area contributed by atoms with Crippen LogP contribution < -0.4 is 11.4 Å². The van der Waals surface area contributed by atoms with Gasteiger partial charge in [-0.2, -0.15) is 0 Å². The maximum atomic E-state index is 10.9. The second-order valence-corrected chi connectivity index (χ2v) is 2.88. The van der Waals surface area contributed by atoms with Gasteiger partial charge in [0.1, 0.15) is 4.70 Å². The van der Waals surface area contributed by atoms with E-state index in [0.29, 0.717) is 10.2 Å². The molecule has 0 spiro atoms. The van der Waals surface area contributed by atoms with Crippen LogP contribution in [0.5, 0.6) is 0 Å². The van der Waals surface area contributed by atoms with Gasteiger partial charge in [0, 0.05) is 0 Å². The van der Waals surface area contributed by atoms with Gasteiger partial charge in [0.05, 0.1) is 5.52 Å². The fraction of sp³-hybridized carbons (Fsp3) is 0. The van der Waals surface area contributed by atoms with Gasteiger partial charge in [-0.3, -0.25) is 4.98 Å². The van der Waals surface area contributed by atoms with Crippen LogP contribution in [0.1, 0.15) is 0 Å². The van der Waals surface area contributed by atoms with E-state index in [1.54, 1.807) is 11.4 Å². The zero-order valence-electron chi connectivity index (χ0n) is 5.29. The number of thiophene rings is 1. The van der Waals surface area contributed by atoms with Crippen LogP contribution in [-0.4, -0.2) is 4.98 Å². The SMILES string of the molecule is O=c1[nH]c2ccsc2c(=O)o1. The van der Waals surface area contributed by atoms with Crippen LogP contribution in [0.2, 0.25) is 0 Å². The Kier molecular flexibility index (Phi) is 1.19. The minimum atomic E-state index is -0.707. The van der Waals surface area contributed by atoms with Gasteiger partial charge in [-0.05, 0) is 11.4 Å². The summed E-state index contributed by atoms with van der Waals surface area (Å²) in [6.07, 6.45) is 0. The summed E-state index contributed by atoms with van der Waals surface area (Å²) < 4.78 is 4.74. The number of rotatable bonds is 0. The number of hydrogen-bond donors (Lipinski definition) is 1. The first-order valence-electron chi connectivity index (χ1n) is 2.88. The lowest BCUT2D eigenvalue weighted by Crippen LogP contribution is -2.12. The number of nitrogens with one attached hydrogen (secondary N) is 1. The van der Waals surface area contributed by atoms with Crippen LogP contribution in [-0.2, 0) is 0 Å². The van der Waals surface area contributed by atoms with Gasteiger partial charge >= 0.3 is 11.4 Å². The van der Waals surface area contributed by atoms with Crippen LogP contribution in [0.4, 0.5) is 0 Å². The minimum Gasteiger partial charge on any atom is -0.372 e. The summed E-state index contributed by atoms with van der Waals surface area (Å²) in [6.45, 7) is 0. The predicted octanol–water partition coefficient (Wildman–Crippen LogP) is 0.543. The van der Waals surface area contributed by atoms with Gasteiger partial charge in [0.15, 0.2) is 0 Å². The van der Waals surface area contributed by atoms with Crippen molar-refractivity contribution in [3.05, 3.63) is 32.4 Å². The summed E-state index contributed by atoms with van der Waals surface area (Å²) in [7, 11) is 0. The number of hydrogen-bond acceptors (Lipinski definition) is 4. The highest BCUT2D eigenvalue weighted by Gasteiger charge is 2.01. The molecule has 0 radical (unpaired) electrons. The first-order valence-corrected chi connectivity index (χ1v) is 3.76. The van der Waals surface area contributed by atoms with Crippen molar-refractivity contribution in [3.8, 4) is 0 Å². The molecule has 0 unspecified atom stereocenters. The van der Waals surface area contributed by atoms with E-state index < -0.39 is 11.4 Å². The van der Waals surface area contributed by atoms with Crippen molar-refractivity contribution in [2.24, 2.45) is 0 Å². The minimum absolute atomic E-state index is 0.449. The van der Waals surface area contributed by atoms with Gasteiger partial charge in [-0.25, -0.2) is 9.59 Å². The van der Waals surface area contributed by atoms with Crippen LogP contribution in [0.3, 0.4) is 0 Å². The maximum Gasteiger partial charge on any atom is 0.419 e. The normalized spacial score (nSPS) is 10.5. The Bertz CT molecular complexity index is 492. The Morgan fingerprint density at radius 1 is 1.45 bits per heavy atom. The van der Waals surface area contributed by atoms with E-state index in [1.165, 1.54) is 11.3 Å². The van der Waals surface area contributed by atoms with Crippen LogP contribution in [0, 0.1) is 0 Å². The quantitative estimate of drug-likeness (QED) is 0.626.